The van der Waals surface area contributed by atoms with E-state index in [2.05, 4.69) is 16.0 Å². The van der Waals surface area contributed by atoms with Crippen LogP contribution in [-0.2, 0) is 9.59 Å². The minimum Gasteiger partial charge on any atom is -0.497 e. The van der Waals surface area contributed by atoms with Crippen LogP contribution < -0.4 is 30.3 Å². The molecule has 3 amide bonds. The van der Waals surface area contributed by atoms with Crippen LogP contribution in [0.15, 0.2) is 108 Å². The van der Waals surface area contributed by atoms with Crippen molar-refractivity contribution in [1.82, 2.24) is 5.32 Å². The lowest BCUT2D eigenvalue weighted by Gasteiger charge is -2.15. The second-order valence-electron chi connectivity index (χ2n) is 10.2. The van der Waals surface area contributed by atoms with Gasteiger partial charge in [-0.05, 0) is 61.0 Å². The Morgan fingerprint density at radius 2 is 1.44 bits per heavy atom. The van der Waals surface area contributed by atoms with Crippen molar-refractivity contribution in [2.75, 3.05) is 43.8 Å². The highest BCUT2D eigenvalue weighted by molar-refractivity contribution is 8.00. The van der Waals surface area contributed by atoms with Crippen LogP contribution in [0.1, 0.15) is 22.8 Å². The molecule has 0 fully saturated rings. The van der Waals surface area contributed by atoms with Crippen LogP contribution in [0.2, 0.25) is 0 Å². The van der Waals surface area contributed by atoms with Crippen LogP contribution >= 0.6 is 11.8 Å². The number of carbonyl (C=O) groups excluding carboxylic acids is 3. The molecule has 4 rings (SSSR count). The lowest BCUT2D eigenvalue weighted by Crippen LogP contribution is -2.30. The van der Waals surface area contributed by atoms with Gasteiger partial charge in [0.1, 0.15) is 17.2 Å². The minimum absolute atomic E-state index is 0.0842. The highest BCUT2D eigenvalue weighted by Crippen LogP contribution is 2.29. The lowest BCUT2D eigenvalue weighted by molar-refractivity contribution is -0.115. The zero-order valence-corrected chi connectivity index (χ0v) is 26.6. The van der Waals surface area contributed by atoms with Crippen molar-refractivity contribution in [3.05, 3.63) is 114 Å². The average molecular weight is 625 g/mol. The van der Waals surface area contributed by atoms with Crippen LogP contribution in [0.4, 0.5) is 17.1 Å². The first-order valence-corrected chi connectivity index (χ1v) is 15.0. The zero-order chi connectivity index (χ0) is 32.3. The van der Waals surface area contributed by atoms with Gasteiger partial charge in [-0.25, -0.2) is 0 Å². The summed E-state index contributed by atoms with van der Waals surface area (Å²) in [5.74, 6) is 0.0224. The van der Waals surface area contributed by atoms with Gasteiger partial charge in [0, 0.05) is 59.8 Å². The molecule has 0 aromatic heterocycles. The number of nitrogens with one attached hydrogen (secondary N) is 3. The van der Waals surface area contributed by atoms with Crippen LogP contribution in [0, 0.1) is 0 Å². The van der Waals surface area contributed by atoms with Gasteiger partial charge in [0.15, 0.2) is 0 Å². The van der Waals surface area contributed by atoms with Gasteiger partial charge in [0.05, 0.1) is 19.5 Å². The summed E-state index contributed by atoms with van der Waals surface area (Å²) in [6.07, 6.45) is 1.63. The lowest BCUT2D eigenvalue weighted by atomic mass is 10.1. The highest BCUT2D eigenvalue weighted by atomic mass is 32.2. The van der Waals surface area contributed by atoms with E-state index in [0.29, 0.717) is 28.4 Å². The van der Waals surface area contributed by atoms with E-state index in [1.165, 1.54) is 11.8 Å². The molecule has 0 radical (unpaired) electrons. The summed E-state index contributed by atoms with van der Waals surface area (Å²) < 4.78 is 10.6. The summed E-state index contributed by atoms with van der Waals surface area (Å²) in [7, 11) is 6.98. The van der Waals surface area contributed by atoms with Crippen molar-refractivity contribution in [1.29, 1.82) is 0 Å². The van der Waals surface area contributed by atoms with Gasteiger partial charge in [-0.1, -0.05) is 36.4 Å². The molecule has 0 saturated carbocycles. The normalized spacial score (nSPS) is 11.6. The van der Waals surface area contributed by atoms with E-state index >= 15 is 0 Å². The van der Waals surface area contributed by atoms with Crippen LogP contribution in [-0.4, -0.2) is 51.3 Å². The number of nitrogens with zero attached hydrogens (tertiary/aromatic N) is 1. The number of thioether (sulfide) groups is 1. The number of rotatable bonds is 12. The number of benzene rings is 4. The fraction of sp³-hybridized carbons (Fsp3) is 0.171. The molecule has 3 N–H and O–H groups in total. The zero-order valence-electron chi connectivity index (χ0n) is 25.8. The molecule has 0 heterocycles. The average Bonchev–Trinajstić information content (AvgIpc) is 3.04. The Bertz CT molecular complexity index is 1650. The monoisotopic (exact) mass is 624 g/mol. The summed E-state index contributed by atoms with van der Waals surface area (Å²) in [6, 6.07) is 28.7. The number of anilines is 3. The van der Waals surface area contributed by atoms with E-state index in [-0.39, 0.29) is 11.6 Å². The predicted molar refractivity (Wildman–Crippen MR) is 181 cm³/mol. The number of hydrogen-bond donors (Lipinski definition) is 3. The fourth-order valence-electron chi connectivity index (χ4n) is 4.20. The molecule has 232 valence electrons. The molecule has 1 unspecified atom stereocenters. The van der Waals surface area contributed by atoms with Gasteiger partial charge in [0.2, 0.25) is 5.91 Å². The summed E-state index contributed by atoms with van der Waals surface area (Å²) in [5.41, 5.74) is 3.33. The van der Waals surface area contributed by atoms with Gasteiger partial charge >= 0.3 is 0 Å². The molecule has 0 aliphatic carbocycles. The Kier molecular flexibility index (Phi) is 11.3. The van der Waals surface area contributed by atoms with Crippen molar-refractivity contribution >= 4 is 52.6 Å². The van der Waals surface area contributed by atoms with Crippen molar-refractivity contribution < 1.29 is 23.9 Å². The van der Waals surface area contributed by atoms with E-state index in [1.54, 1.807) is 87.9 Å². The second kappa shape index (κ2) is 15.5. The first-order valence-electron chi connectivity index (χ1n) is 14.1. The van der Waals surface area contributed by atoms with E-state index in [9.17, 15) is 14.4 Å². The van der Waals surface area contributed by atoms with Gasteiger partial charge < -0.3 is 30.3 Å². The van der Waals surface area contributed by atoms with Gasteiger partial charge in [-0.2, -0.15) is 0 Å². The molecular weight excluding hydrogens is 588 g/mol. The third-order valence-corrected chi connectivity index (χ3v) is 7.74. The molecule has 10 heteroatoms. The maximum atomic E-state index is 13.5. The third-order valence-electron chi connectivity index (χ3n) is 6.64. The molecule has 1 atom stereocenters. The highest BCUT2D eigenvalue weighted by Gasteiger charge is 2.18. The topological polar surface area (TPSA) is 109 Å². The van der Waals surface area contributed by atoms with Crippen molar-refractivity contribution in [2.45, 2.75) is 17.1 Å². The Morgan fingerprint density at radius 3 is 2.07 bits per heavy atom. The Labute approximate surface area is 267 Å². The number of ether oxygens (including phenoxy) is 2. The molecule has 4 aromatic carbocycles. The third kappa shape index (κ3) is 9.38. The molecule has 0 aliphatic heterocycles. The maximum absolute atomic E-state index is 13.5. The summed E-state index contributed by atoms with van der Waals surface area (Å²) >= 11 is 1.34. The van der Waals surface area contributed by atoms with Crippen LogP contribution in [0.3, 0.4) is 0 Å². The second-order valence-corrected chi connectivity index (χ2v) is 11.6. The quantitative estimate of drug-likeness (QED) is 0.125. The smallest absolute Gasteiger partial charge is 0.272 e. The summed E-state index contributed by atoms with van der Waals surface area (Å²) in [5, 5.41) is 8.09. The van der Waals surface area contributed by atoms with Crippen molar-refractivity contribution in [3.63, 3.8) is 0 Å². The summed E-state index contributed by atoms with van der Waals surface area (Å²) in [6.45, 7) is 1.80. The first-order chi connectivity index (χ1) is 21.6. The number of hydrogen-bond acceptors (Lipinski definition) is 7. The SMILES string of the molecule is COc1cc(NC(=O)C(C)Sc2cccc(NC(=O)/C(=C\c3ccc(N(C)C)cc3)NC(=O)c3ccccc3)c2)cc(OC)c1. The molecule has 0 aliphatic rings. The van der Waals surface area contributed by atoms with Gasteiger partial charge in [-0.15, -0.1) is 11.8 Å². The standard InChI is InChI=1S/C35H36N4O5S/c1-23(33(40)37-27-19-29(43-4)22-30(20-27)44-5)45-31-13-9-12-26(21-31)36-35(42)32(38-34(41)25-10-7-6-8-11-25)18-24-14-16-28(17-15-24)39(2)3/h6-23H,1-5H3,(H,36,42)(H,37,40)(H,38,41)/b32-18+. The molecule has 45 heavy (non-hydrogen) atoms. The van der Waals surface area contributed by atoms with Crippen LogP contribution in [0.5, 0.6) is 11.5 Å². The van der Waals surface area contributed by atoms with Gasteiger partial charge in [-0.3, -0.25) is 14.4 Å². The largest absolute Gasteiger partial charge is 0.497 e. The van der Waals surface area contributed by atoms with E-state index < -0.39 is 17.1 Å². The summed E-state index contributed by atoms with van der Waals surface area (Å²) in [4.78, 5) is 42.2. The van der Waals surface area contributed by atoms with Crippen molar-refractivity contribution in [3.8, 4) is 11.5 Å². The minimum atomic E-state index is -0.490. The maximum Gasteiger partial charge on any atom is 0.272 e. The van der Waals surface area contributed by atoms with E-state index in [0.717, 1.165) is 16.1 Å². The van der Waals surface area contributed by atoms with Gasteiger partial charge in [0.25, 0.3) is 11.8 Å². The fourth-order valence-corrected chi connectivity index (χ4v) is 5.13. The molecule has 4 aromatic rings. The predicted octanol–water partition coefficient (Wildman–Crippen LogP) is 6.30. The number of amides is 3. The number of carbonyl (C=O) groups is 3. The van der Waals surface area contributed by atoms with E-state index in [4.69, 9.17) is 9.47 Å². The molecule has 0 bridgehead atoms. The van der Waals surface area contributed by atoms with E-state index in [1.807, 2.05) is 55.4 Å². The molecule has 0 spiro atoms. The van der Waals surface area contributed by atoms with Crippen LogP contribution in [0.25, 0.3) is 6.08 Å². The Balaban J connectivity index is 1.48. The molecule has 9 nitrogen and oxygen atoms in total. The van der Waals surface area contributed by atoms with Crippen molar-refractivity contribution in [2.24, 2.45) is 0 Å². The molecule has 0 saturated heterocycles. The Hall–Kier alpha value is -5.22. The first kappa shape index (κ1) is 32.7. The Morgan fingerprint density at radius 1 is 0.778 bits per heavy atom. The molecular formula is C35H36N4O5S. The number of methoxy groups -OCH3 is 2.